The standard InChI is InChI=1S/C22H24N6O5/c1-22(2,3)33-21(30)26(4)12-15-6-5-7-17(10-15)25-20(29)16-8-9-18(19(11-16)28(31)32)27-14-23-13-24-27/h5-11,13-14H,12H2,1-4H3,(H,25,29). The Kier molecular flexibility index (Phi) is 6.71. The summed E-state index contributed by atoms with van der Waals surface area (Å²) in [4.78, 5) is 41.1. The molecule has 0 spiro atoms. The molecule has 2 aromatic carbocycles. The lowest BCUT2D eigenvalue weighted by atomic mass is 10.1. The third kappa shape index (κ3) is 6.12. The summed E-state index contributed by atoms with van der Waals surface area (Å²) in [5.41, 5.74) is 0.684. The number of nitro benzene ring substituents is 1. The van der Waals surface area contributed by atoms with Gasteiger partial charge in [0.2, 0.25) is 0 Å². The molecule has 11 heteroatoms. The number of nitrogens with one attached hydrogen (secondary N) is 1. The molecule has 0 aliphatic rings. The Morgan fingerprint density at radius 1 is 1.21 bits per heavy atom. The van der Waals surface area contributed by atoms with Gasteiger partial charge in [0.15, 0.2) is 0 Å². The van der Waals surface area contributed by atoms with Crippen molar-refractivity contribution in [1.82, 2.24) is 19.7 Å². The van der Waals surface area contributed by atoms with E-state index in [1.807, 2.05) is 6.07 Å². The van der Waals surface area contributed by atoms with Gasteiger partial charge in [-0.1, -0.05) is 12.1 Å². The second-order valence-electron chi connectivity index (χ2n) is 8.29. The topological polar surface area (TPSA) is 132 Å². The zero-order valence-corrected chi connectivity index (χ0v) is 18.7. The number of anilines is 1. The number of ether oxygens (including phenoxy) is 1. The van der Waals surface area contributed by atoms with Crippen molar-refractivity contribution in [2.75, 3.05) is 12.4 Å². The van der Waals surface area contributed by atoms with E-state index in [1.54, 1.807) is 46.0 Å². The minimum atomic E-state index is -0.604. The lowest BCUT2D eigenvalue weighted by Gasteiger charge is -2.24. The van der Waals surface area contributed by atoms with Crippen molar-refractivity contribution in [2.45, 2.75) is 32.9 Å². The van der Waals surface area contributed by atoms with Crippen LogP contribution in [-0.2, 0) is 11.3 Å². The van der Waals surface area contributed by atoms with Crippen molar-refractivity contribution >= 4 is 23.4 Å². The molecule has 0 bridgehead atoms. The van der Waals surface area contributed by atoms with Crippen molar-refractivity contribution in [3.8, 4) is 5.69 Å². The molecule has 3 rings (SSSR count). The molecule has 0 unspecified atom stereocenters. The van der Waals surface area contributed by atoms with E-state index in [-0.39, 0.29) is 23.5 Å². The number of carbonyl (C=O) groups excluding carboxylic acids is 2. The van der Waals surface area contributed by atoms with Gasteiger partial charge in [0, 0.05) is 30.9 Å². The zero-order valence-electron chi connectivity index (χ0n) is 18.7. The summed E-state index contributed by atoms with van der Waals surface area (Å²) >= 11 is 0. The van der Waals surface area contributed by atoms with Crippen LogP contribution >= 0.6 is 0 Å². The van der Waals surface area contributed by atoms with Gasteiger partial charge in [-0.3, -0.25) is 14.9 Å². The number of amides is 2. The molecule has 1 heterocycles. The van der Waals surface area contributed by atoms with E-state index in [9.17, 15) is 19.7 Å². The Balaban J connectivity index is 1.74. The number of hydrogen-bond donors (Lipinski definition) is 1. The lowest BCUT2D eigenvalue weighted by molar-refractivity contribution is -0.384. The molecule has 1 aromatic heterocycles. The van der Waals surface area contributed by atoms with Gasteiger partial charge in [-0.2, -0.15) is 5.10 Å². The van der Waals surface area contributed by atoms with Crippen molar-refractivity contribution in [3.05, 3.63) is 76.4 Å². The average molecular weight is 452 g/mol. The first-order valence-electron chi connectivity index (χ1n) is 10.0. The summed E-state index contributed by atoms with van der Waals surface area (Å²) in [6, 6.07) is 11.1. The highest BCUT2D eigenvalue weighted by Gasteiger charge is 2.21. The summed E-state index contributed by atoms with van der Waals surface area (Å²) in [6.07, 6.45) is 2.14. The zero-order chi connectivity index (χ0) is 24.2. The highest BCUT2D eigenvalue weighted by atomic mass is 16.6. The molecule has 11 nitrogen and oxygen atoms in total. The molecule has 0 aliphatic carbocycles. The van der Waals surface area contributed by atoms with Crippen LogP contribution in [0.15, 0.2) is 55.1 Å². The van der Waals surface area contributed by atoms with Crippen molar-refractivity contribution < 1.29 is 19.2 Å². The summed E-state index contributed by atoms with van der Waals surface area (Å²) in [5.74, 6) is -0.513. The highest BCUT2D eigenvalue weighted by molar-refractivity contribution is 6.05. The second kappa shape index (κ2) is 9.47. The predicted molar refractivity (Wildman–Crippen MR) is 120 cm³/mol. The van der Waals surface area contributed by atoms with E-state index in [0.717, 1.165) is 5.56 Å². The minimum Gasteiger partial charge on any atom is -0.444 e. The SMILES string of the molecule is CN(Cc1cccc(NC(=O)c2ccc(-n3cncn3)c([N+](=O)[O-])c2)c1)C(=O)OC(C)(C)C. The summed E-state index contributed by atoms with van der Waals surface area (Å²) in [6.45, 7) is 5.64. The monoisotopic (exact) mass is 452 g/mol. The number of carbonyl (C=O) groups is 2. The molecule has 0 saturated carbocycles. The fourth-order valence-corrected chi connectivity index (χ4v) is 2.97. The largest absolute Gasteiger partial charge is 0.444 e. The van der Waals surface area contributed by atoms with Crippen LogP contribution in [0.4, 0.5) is 16.2 Å². The van der Waals surface area contributed by atoms with E-state index in [0.29, 0.717) is 5.69 Å². The first kappa shape index (κ1) is 23.4. The maximum Gasteiger partial charge on any atom is 0.410 e. The molecule has 172 valence electrons. The van der Waals surface area contributed by atoms with Crippen LogP contribution in [0.25, 0.3) is 5.69 Å². The van der Waals surface area contributed by atoms with E-state index in [2.05, 4.69) is 15.4 Å². The third-order valence-corrected chi connectivity index (χ3v) is 4.41. The Labute approximate surface area is 190 Å². The fraction of sp³-hybridized carbons (Fsp3) is 0.273. The molecular formula is C22H24N6O5. The Hall–Kier alpha value is -4.28. The van der Waals surface area contributed by atoms with Crippen LogP contribution in [0.2, 0.25) is 0 Å². The Bertz CT molecular complexity index is 1170. The summed E-state index contributed by atoms with van der Waals surface area (Å²) < 4.78 is 6.60. The lowest BCUT2D eigenvalue weighted by Crippen LogP contribution is -2.33. The Morgan fingerprint density at radius 2 is 1.97 bits per heavy atom. The molecule has 33 heavy (non-hydrogen) atoms. The van der Waals surface area contributed by atoms with Crippen LogP contribution in [-0.4, -0.2) is 49.2 Å². The van der Waals surface area contributed by atoms with Gasteiger partial charge < -0.3 is 15.0 Å². The second-order valence-corrected chi connectivity index (χ2v) is 8.29. The normalized spacial score (nSPS) is 11.0. The smallest absolute Gasteiger partial charge is 0.410 e. The quantitative estimate of drug-likeness (QED) is 0.444. The Morgan fingerprint density at radius 3 is 2.61 bits per heavy atom. The van der Waals surface area contributed by atoms with Gasteiger partial charge in [-0.15, -0.1) is 0 Å². The number of benzene rings is 2. The third-order valence-electron chi connectivity index (χ3n) is 4.41. The van der Waals surface area contributed by atoms with E-state index < -0.39 is 22.5 Å². The number of aromatic nitrogens is 3. The number of nitrogens with zero attached hydrogens (tertiary/aromatic N) is 5. The van der Waals surface area contributed by atoms with Gasteiger partial charge in [0.05, 0.1) is 4.92 Å². The summed E-state index contributed by atoms with van der Waals surface area (Å²) in [7, 11) is 1.62. The van der Waals surface area contributed by atoms with E-state index in [1.165, 1.54) is 40.4 Å². The van der Waals surface area contributed by atoms with E-state index in [4.69, 9.17) is 4.74 Å². The number of hydrogen-bond acceptors (Lipinski definition) is 7. The molecule has 1 N–H and O–H groups in total. The van der Waals surface area contributed by atoms with Crippen molar-refractivity contribution in [1.29, 1.82) is 0 Å². The van der Waals surface area contributed by atoms with Gasteiger partial charge >= 0.3 is 6.09 Å². The molecule has 2 amide bonds. The van der Waals surface area contributed by atoms with Crippen LogP contribution in [0.3, 0.4) is 0 Å². The first-order valence-corrected chi connectivity index (χ1v) is 10.0. The molecule has 0 aliphatic heterocycles. The maximum atomic E-state index is 12.7. The average Bonchev–Trinajstić information content (AvgIpc) is 3.27. The van der Waals surface area contributed by atoms with Crippen molar-refractivity contribution in [3.63, 3.8) is 0 Å². The molecule has 0 radical (unpaired) electrons. The summed E-state index contributed by atoms with van der Waals surface area (Å²) in [5, 5.41) is 18.1. The molecule has 0 fully saturated rings. The number of rotatable bonds is 6. The van der Waals surface area contributed by atoms with Gasteiger partial charge in [0.25, 0.3) is 11.6 Å². The van der Waals surface area contributed by atoms with Crippen molar-refractivity contribution in [2.24, 2.45) is 0 Å². The van der Waals surface area contributed by atoms with E-state index >= 15 is 0 Å². The highest BCUT2D eigenvalue weighted by Crippen LogP contribution is 2.24. The maximum absolute atomic E-state index is 12.7. The van der Waals surface area contributed by atoms with Crippen LogP contribution < -0.4 is 5.32 Å². The van der Waals surface area contributed by atoms with Crippen LogP contribution in [0.5, 0.6) is 0 Å². The minimum absolute atomic E-state index is 0.113. The first-order chi connectivity index (χ1) is 15.5. The molecule has 3 aromatic rings. The van der Waals surface area contributed by atoms with Crippen LogP contribution in [0, 0.1) is 10.1 Å². The predicted octanol–water partition coefficient (Wildman–Crippen LogP) is 3.79. The molecule has 0 atom stereocenters. The van der Waals surface area contributed by atoms with Gasteiger partial charge in [-0.05, 0) is 50.6 Å². The molecule has 0 saturated heterocycles. The van der Waals surface area contributed by atoms with Crippen LogP contribution in [0.1, 0.15) is 36.7 Å². The number of nitro groups is 1. The molecular weight excluding hydrogens is 428 g/mol. The van der Waals surface area contributed by atoms with Gasteiger partial charge in [0.1, 0.15) is 23.9 Å². The fourth-order valence-electron chi connectivity index (χ4n) is 2.97. The van der Waals surface area contributed by atoms with Gasteiger partial charge in [-0.25, -0.2) is 14.5 Å².